The molecule has 1 atom stereocenters. The van der Waals surface area contributed by atoms with Gasteiger partial charge in [0, 0.05) is 0 Å². The van der Waals surface area contributed by atoms with E-state index in [4.69, 9.17) is 0 Å². The van der Waals surface area contributed by atoms with Crippen molar-refractivity contribution in [1.29, 1.82) is 0 Å². The summed E-state index contributed by atoms with van der Waals surface area (Å²) in [5.74, 6) is 0. The average Bonchev–Trinajstić information content (AvgIpc) is 1.62. The lowest BCUT2D eigenvalue weighted by Gasteiger charge is -2.09. The lowest BCUT2D eigenvalue weighted by atomic mass is 10.4. The van der Waals surface area contributed by atoms with Crippen LogP contribution in [0.25, 0.3) is 0 Å². The molecular weight excluding hydrogens is 173 g/mol. The van der Waals surface area contributed by atoms with Gasteiger partial charge in [0.2, 0.25) is 5.12 Å². The smallest absolute Gasteiger partial charge is 0.286 e. The fourth-order valence-corrected chi connectivity index (χ4v) is 0.286. The summed E-state index contributed by atoms with van der Waals surface area (Å²) in [6.45, 7) is 0. The predicted molar refractivity (Wildman–Crippen MR) is 32.8 cm³/mol. The quantitative estimate of drug-likeness (QED) is 0.576. The van der Waals surface area contributed by atoms with Gasteiger partial charge in [-0.15, -0.1) is 12.6 Å². The van der Waals surface area contributed by atoms with Crippen LogP contribution in [0.1, 0.15) is 0 Å². The van der Waals surface area contributed by atoms with Crippen LogP contribution < -0.4 is 0 Å². The Morgan fingerprint density at radius 3 is 1.78 bits per heavy atom. The Balaban J connectivity index is 4.04. The molecule has 0 aromatic heterocycles. The van der Waals surface area contributed by atoms with Crippen LogP contribution in [0, 0.1) is 0 Å². The third-order valence-corrected chi connectivity index (χ3v) is 1.53. The monoisotopic (exact) mass is 176 g/mol. The number of hydrogen-bond acceptors (Lipinski definition) is 2. The maximum absolute atomic E-state index is 11.4. The first-order chi connectivity index (χ1) is 3.85. The van der Waals surface area contributed by atoms with Gasteiger partial charge in [-0.2, -0.15) is 25.8 Å². The van der Waals surface area contributed by atoms with E-state index in [1.807, 2.05) is 0 Å². The van der Waals surface area contributed by atoms with Gasteiger partial charge in [0.15, 0.2) is 5.25 Å². The van der Waals surface area contributed by atoms with Gasteiger partial charge >= 0.3 is 6.18 Å². The summed E-state index contributed by atoms with van der Waals surface area (Å²) in [5, 5.41) is -3.55. The van der Waals surface area contributed by atoms with E-state index >= 15 is 0 Å². The molecular formula is C3H3F3OS2. The molecule has 0 amide bonds. The second kappa shape index (κ2) is 2.83. The summed E-state index contributed by atoms with van der Waals surface area (Å²) in [5.41, 5.74) is 0. The Morgan fingerprint density at radius 1 is 1.44 bits per heavy atom. The molecule has 0 rings (SSSR count). The SMILES string of the molecule is O=C(S)C(S)C(F)(F)F. The van der Waals surface area contributed by atoms with Gasteiger partial charge in [0.05, 0.1) is 0 Å². The van der Waals surface area contributed by atoms with E-state index in [2.05, 4.69) is 25.3 Å². The van der Waals surface area contributed by atoms with Gasteiger partial charge in [0.1, 0.15) is 0 Å². The summed E-state index contributed by atoms with van der Waals surface area (Å²) in [6.07, 6.45) is -4.58. The van der Waals surface area contributed by atoms with Gasteiger partial charge in [-0.3, -0.25) is 4.79 Å². The zero-order valence-corrected chi connectivity index (χ0v) is 5.80. The van der Waals surface area contributed by atoms with E-state index in [1.165, 1.54) is 0 Å². The summed E-state index contributed by atoms with van der Waals surface area (Å²) in [6, 6.07) is 0. The maximum Gasteiger partial charge on any atom is 0.408 e. The van der Waals surface area contributed by atoms with E-state index in [1.54, 1.807) is 0 Å². The van der Waals surface area contributed by atoms with Crippen LogP contribution in [0.3, 0.4) is 0 Å². The molecule has 0 aromatic rings. The Labute approximate surface area is 60.4 Å². The van der Waals surface area contributed by atoms with Crippen LogP contribution in [0.5, 0.6) is 0 Å². The van der Waals surface area contributed by atoms with Crippen molar-refractivity contribution in [1.82, 2.24) is 0 Å². The first-order valence-electron chi connectivity index (χ1n) is 1.83. The molecule has 0 saturated carbocycles. The number of carbonyl (C=O) groups is 1. The van der Waals surface area contributed by atoms with Crippen LogP contribution in [0.15, 0.2) is 0 Å². The fourth-order valence-electron chi connectivity index (χ4n) is 0.140. The lowest BCUT2D eigenvalue weighted by molar-refractivity contribution is -0.142. The molecule has 0 aliphatic heterocycles. The maximum atomic E-state index is 11.4. The summed E-state index contributed by atoms with van der Waals surface area (Å²) in [7, 11) is 0. The van der Waals surface area contributed by atoms with Gasteiger partial charge in [0.25, 0.3) is 0 Å². The summed E-state index contributed by atoms with van der Waals surface area (Å²) in [4.78, 5) is 9.86. The number of rotatable bonds is 1. The topological polar surface area (TPSA) is 17.1 Å². The molecule has 0 fully saturated rings. The molecule has 0 N–H and O–H groups in total. The van der Waals surface area contributed by atoms with E-state index in [0.29, 0.717) is 0 Å². The van der Waals surface area contributed by atoms with Gasteiger partial charge in [-0.1, -0.05) is 0 Å². The highest BCUT2D eigenvalue weighted by Gasteiger charge is 2.40. The third kappa shape index (κ3) is 3.00. The minimum absolute atomic E-state index is 1.29. The Bertz CT molecular complexity index is 121. The molecule has 54 valence electrons. The Hall–Kier alpha value is 0.160. The molecule has 1 nitrogen and oxygen atoms in total. The first-order valence-corrected chi connectivity index (χ1v) is 2.79. The third-order valence-electron chi connectivity index (χ3n) is 0.544. The average molecular weight is 176 g/mol. The van der Waals surface area contributed by atoms with Crippen molar-refractivity contribution in [3.05, 3.63) is 0 Å². The molecule has 9 heavy (non-hydrogen) atoms. The van der Waals surface area contributed by atoms with Crippen LogP contribution >= 0.6 is 25.3 Å². The number of halogens is 3. The van der Waals surface area contributed by atoms with Crippen molar-refractivity contribution >= 4 is 30.4 Å². The fraction of sp³-hybridized carbons (Fsp3) is 0.667. The molecule has 0 saturated heterocycles. The number of hydrogen-bond donors (Lipinski definition) is 2. The molecule has 0 bridgehead atoms. The van der Waals surface area contributed by atoms with Crippen LogP contribution in [-0.2, 0) is 4.79 Å². The molecule has 1 unspecified atom stereocenters. The number of carbonyl (C=O) groups excluding carboxylic acids is 1. The summed E-state index contributed by atoms with van der Waals surface area (Å²) < 4.78 is 34.1. The van der Waals surface area contributed by atoms with E-state index < -0.39 is 16.5 Å². The zero-order valence-electron chi connectivity index (χ0n) is 4.01. The summed E-state index contributed by atoms with van der Waals surface area (Å²) >= 11 is 5.91. The number of alkyl halides is 3. The molecule has 0 heterocycles. The van der Waals surface area contributed by atoms with Gasteiger partial charge in [-0.25, -0.2) is 0 Å². The van der Waals surface area contributed by atoms with Gasteiger partial charge in [-0.05, 0) is 0 Å². The van der Waals surface area contributed by atoms with Crippen molar-refractivity contribution in [2.45, 2.75) is 11.4 Å². The zero-order chi connectivity index (χ0) is 7.65. The molecule has 0 aliphatic rings. The minimum atomic E-state index is -4.58. The highest BCUT2D eigenvalue weighted by Crippen LogP contribution is 2.25. The van der Waals surface area contributed by atoms with Crippen LogP contribution in [0.4, 0.5) is 13.2 Å². The second-order valence-electron chi connectivity index (χ2n) is 1.28. The van der Waals surface area contributed by atoms with E-state index in [9.17, 15) is 18.0 Å². The minimum Gasteiger partial charge on any atom is -0.286 e. The Morgan fingerprint density at radius 2 is 1.78 bits per heavy atom. The largest absolute Gasteiger partial charge is 0.408 e. The Kier molecular flexibility index (Phi) is 2.88. The molecule has 0 aromatic carbocycles. The van der Waals surface area contributed by atoms with Crippen LogP contribution in [-0.4, -0.2) is 16.5 Å². The van der Waals surface area contributed by atoms with E-state index in [-0.39, 0.29) is 0 Å². The molecule has 0 radical (unpaired) electrons. The number of thiol groups is 2. The normalized spacial score (nSPS) is 15.2. The molecule has 0 aliphatic carbocycles. The molecule has 0 spiro atoms. The van der Waals surface area contributed by atoms with Crippen molar-refractivity contribution in [2.75, 3.05) is 0 Å². The van der Waals surface area contributed by atoms with Crippen molar-refractivity contribution in [3.63, 3.8) is 0 Å². The van der Waals surface area contributed by atoms with Gasteiger partial charge < -0.3 is 0 Å². The lowest BCUT2D eigenvalue weighted by Crippen LogP contribution is -2.28. The van der Waals surface area contributed by atoms with Crippen molar-refractivity contribution < 1.29 is 18.0 Å². The van der Waals surface area contributed by atoms with E-state index in [0.717, 1.165) is 0 Å². The highest BCUT2D eigenvalue weighted by atomic mass is 32.1. The predicted octanol–water partition coefficient (Wildman–Crippen LogP) is 1.30. The molecule has 6 heteroatoms. The first kappa shape index (κ1) is 9.16. The second-order valence-corrected chi connectivity index (χ2v) is 2.24. The van der Waals surface area contributed by atoms with Crippen molar-refractivity contribution in [2.24, 2.45) is 0 Å². The van der Waals surface area contributed by atoms with Crippen molar-refractivity contribution in [3.8, 4) is 0 Å². The van der Waals surface area contributed by atoms with Crippen LogP contribution in [0.2, 0.25) is 0 Å². The highest BCUT2D eigenvalue weighted by molar-refractivity contribution is 7.99. The standard InChI is InChI=1S/C3H3F3OS2/c4-3(5,6)1(8)2(7)9/h1,8H,(H,7,9).